The van der Waals surface area contributed by atoms with Crippen LogP contribution in [0.5, 0.6) is 5.75 Å². The molecule has 0 amide bonds. The molecule has 0 aliphatic rings. The first-order valence-corrected chi connectivity index (χ1v) is 9.16. The second kappa shape index (κ2) is 9.52. The van der Waals surface area contributed by atoms with Crippen molar-refractivity contribution in [3.63, 3.8) is 0 Å². The van der Waals surface area contributed by atoms with E-state index < -0.39 is 23.4 Å². The summed E-state index contributed by atoms with van der Waals surface area (Å²) >= 11 is 1.03. The van der Waals surface area contributed by atoms with E-state index in [1.54, 1.807) is 13.8 Å². The number of halogens is 3. The Kier molecular flexibility index (Phi) is 7.38. The minimum atomic E-state index is -1.05. The zero-order valence-electron chi connectivity index (χ0n) is 14.5. The quantitative estimate of drug-likeness (QED) is 0.462. The van der Waals surface area contributed by atoms with Crippen molar-refractivity contribution in [1.82, 2.24) is 0 Å². The van der Waals surface area contributed by atoms with Gasteiger partial charge in [-0.3, -0.25) is 4.79 Å². The lowest BCUT2D eigenvalue weighted by Gasteiger charge is -2.14. The molecule has 0 heterocycles. The summed E-state index contributed by atoms with van der Waals surface area (Å²) in [6.07, 6.45) is 0.0713. The highest BCUT2D eigenvalue weighted by molar-refractivity contribution is 7.99. The average Bonchev–Trinajstić information content (AvgIpc) is 2.61. The zero-order valence-corrected chi connectivity index (χ0v) is 15.3. The van der Waals surface area contributed by atoms with E-state index in [2.05, 4.69) is 0 Å². The molecule has 2 rings (SSSR count). The van der Waals surface area contributed by atoms with Crippen molar-refractivity contribution in [3.05, 3.63) is 47.8 Å². The van der Waals surface area contributed by atoms with Gasteiger partial charge in [-0.25, -0.2) is 13.2 Å². The van der Waals surface area contributed by atoms with Crippen LogP contribution >= 0.6 is 11.8 Å². The molecule has 0 atom stereocenters. The SMILES string of the molecule is CCOC(=O)CCSc1c(-c2cccc(F)c2F)ccc(OCC)c1F. The largest absolute Gasteiger partial charge is 0.491 e. The molecule has 0 unspecified atom stereocenters. The van der Waals surface area contributed by atoms with Crippen LogP contribution in [0.4, 0.5) is 13.2 Å². The summed E-state index contributed by atoms with van der Waals surface area (Å²) in [4.78, 5) is 11.6. The molecule has 140 valence electrons. The molecular weight excluding hydrogens is 365 g/mol. The number of rotatable bonds is 8. The highest BCUT2D eigenvalue weighted by Crippen LogP contribution is 2.39. The van der Waals surface area contributed by atoms with Crippen LogP contribution in [-0.2, 0) is 9.53 Å². The first-order valence-electron chi connectivity index (χ1n) is 8.17. The minimum Gasteiger partial charge on any atom is -0.491 e. The summed E-state index contributed by atoms with van der Waals surface area (Å²) in [6.45, 7) is 3.93. The fourth-order valence-corrected chi connectivity index (χ4v) is 3.37. The van der Waals surface area contributed by atoms with E-state index in [1.807, 2.05) is 0 Å². The maximum Gasteiger partial charge on any atom is 0.306 e. The Bertz CT molecular complexity index is 781. The molecule has 0 aromatic heterocycles. The maximum absolute atomic E-state index is 14.8. The highest BCUT2D eigenvalue weighted by Gasteiger charge is 2.20. The molecule has 2 aromatic carbocycles. The predicted octanol–water partition coefficient (Wildman–Crippen LogP) is 5.21. The number of carbonyl (C=O) groups is 1. The molecule has 7 heteroatoms. The summed E-state index contributed by atoms with van der Waals surface area (Å²) in [7, 11) is 0. The molecule has 3 nitrogen and oxygen atoms in total. The van der Waals surface area contributed by atoms with Gasteiger partial charge in [0.25, 0.3) is 0 Å². The fourth-order valence-electron chi connectivity index (χ4n) is 2.34. The summed E-state index contributed by atoms with van der Waals surface area (Å²) in [6, 6.07) is 6.60. The van der Waals surface area contributed by atoms with E-state index >= 15 is 0 Å². The van der Waals surface area contributed by atoms with E-state index in [0.717, 1.165) is 17.8 Å². The lowest BCUT2D eigenvalue weighted by molar-refractivity contribution is -0.142. The number of benzene rings is 2. The average molecular weight is 384 g/mol. The third kappa shape index (κ3) is 4.72. The number of esters is 1. The molecule has 0 spiro atoms. The Labute approximate surface area is 154 Å². The van der Waals surface area contributed by atoms with Crippen LogP contribution in [0, 0.1) is 17.5 Å². The molecule has 0 fully saturated rings. The van der Waals surface area contributed by atoms with Crippen molar-refractivity contribution in [2.75, 3.05) is 19.0 Å². The van der Waals surface area contributed by atoms with E-state index in [1.165, 1.54) is 24.3 Å². The summed E-state index contributed by atoms with van der Waals surface area (Å²) < 4.78 is 52.7. The van der Waals surface area contributed by atoms with Gasteiger partial charge in [0, 0.05) is 16.9 Å². The molecule has 2 aromatic rings. The molecule has 0 aliphatic carbocycles. The molecule has 0 N–H and O–H groups in total. The molecule has 26 heavy (non-hydrogen) atoms. The Hall–Kier alpha value is -2.15. The number of ether oxygens (including phenoxy) is 2. The number of hydrogen-bond acceptors (Lipinski definition) is 4. The van der Waals surface area contributed by atoms with Gasteiger partial charge in [-0.15, -0.1) is 11.8 Å². The topological polar surface area (TPSA) is 35.5 Å². The van der Waals surface area contributed by atoms with Gasteiger partial charge < -0.3 is 9.47 Å². The molecule has 0 aliphatic heterocycles. The first-order chi connectivity index (χ1) is 12.5. The summed E-state index contributed by atoms with van der Waals surface area (Å²) in [5.74, 6) is -2.88. The van der Waals surface area contributed by atoms with E-state index in [9.17, 15) is 18.0 Å². The summed E-state index contributed by atoms with van der Waals surface area (Å²) in [5, 5.41) is 0. The van der Waals surface area contributed by atoms with Gasteiger partial charge in [-0.2, -0.15) is 0 Å². The van der Waals surface area contributed by atoms with Gasteiger partial charge in [0.1, 0.15) is 0 Å². The van der Waals surface area contributed by atoms with E-state index in [4.69, 9.17) is 9.47 Å². The molecule has 0 saturated heterocycles. The van der Waals surface area contributed by atoms with Crippen LogP contribution in [0.15, 0.2) is 35.2 Å². The van der Waals surface area contributed by atoms with E-state index in [0.29, 0.717) is 0 Å². The predicted molar refractivity (Wildman–Crippen MR) is 94.9 cm³/mol. The Morgan fingerprint density at radius 1 is 1.00 bits per heavy atom. The molecular formula is C19H19F3O3S. The zero-order chi connectivity index (χ0) is 19.1. The maximum atomic E-state index is 14.8. The normalized spacial score (nSPS) is 10.7. The summed E-state index contributed by atoms with van der Waals surface area (Å²) in [5.41, 5.74) is 0.155. The van der Waals surface area contributed by atoms with Gasteiger partial charge >= 0.3 is 5.97 Å². The van der Waals surface area contributed by atoms with Crippen LogP contribution in [0.1, 0.15) is 20.3 Å². The van der Waals surface area contributed by atoms with Gasteiger partial charge in [-0.1, -0.05) is 12.1 Å². The Morgan fingerprint density at radius 2 is 1.77 bits per heavy atom. The van der Waals surface area contributed by atoms with Crippen molar-refractivity contribution < 1.29 is 27.4 Å². The van der Waals surface area contributed by atoms with Crippen LogP contribution in [0.25, 0.3) is 11.1 Å². The fraction of sp³-hybridized carbons (Fsp3) is 0.316. The first kappa shape index (κ1) is 20.2. The Balaban J connectivity index is 2.39. The Morgan fingerprint density at radius 3 is 2.46 bits per heavy atom. The number of carbonyl (C=O) groups excluding carboxylic acids is 1. The van der Waals surface area contributed by atoms with Crippen LogP contribution in [0.2, 0.25) is 0 Å². The van der Waals surface area contributed by atoms with E-state index in [-0.39, 0.29) is 47.2 Å². The molecule has 0 radical (unpaired) electrons. The third-order valence-corrected chi connectivity index (χ3v) is 4.56. The number of thioether (sulfide) groups is 1. The van der Waals surface area contributed by atoms with Crippen molar-refractivity contribution in [2.24, 2.45) is 0 Å². The minimum absolute atomic E-state index is 0.0201. The second-order valence-electron chi connectivity index (χ2n) is 5.19. The molecule has 0 bridgehead atoms. The van der Waals surface area contributed by atoms with Gasteiger partial charge in [0.2, 0.25) is 0 Å². The van der Waals surface area contributed by atoms with Crippen molar-refractivity contribution >= 4 is 17.7 Å². The second-order valence-corrected chi connectivity index (χ2v) is 6.30. The van der Waals surface area contributed by atoms with Gasteiger partial charge in [0.05, 0.1) is 24.5 Å². The van der Waals surface area contributed by atoms with Crippen LogP contribution in [0.3, 0.4) is 0 Å². The lowest BCUT2D eigenvalue weighted by atomic mass is 10.0. The van der Waals surface area contributed by atoms with Crippen LogP contribution < -0.4 is 4.74 Å². The standard InChI is InChI=1S/C19H19F3O3S/c1-3-24-15-9-8-13(12-6-5-7-14(20)17(12)21)19(18(15)22)26-11-10-16(23)25-4-2/h5-9H,3-4,10-11H2,1-2H3. The van der Waals surface area contributed by atoms with Crippen molar-refractivity contribution in [3.8, 4) is 16.9 Å². The van der Waals surface area contributed by atoms with Crippen LogP contribution in [-0.4, -0.2) is 24.9 Å². The molecule has 0 saturated carbocycles. The van der Waals surface area contributed by atoms with Gasteiger partial charge in [0.15, 0.2) is 23.2 Å². The monoisotopic (exact) mass is 384 g/mol. The van der Waals surface area contributed by atoms with Crippen molar-refractivity contribution in [2.45, 2.75) is 25.2 Å². The number of hydrogen-bond donors (Lipinski definition) is 0. The highest BCUT2D eigenvalue weighted by atomic mass is 32.2. The van der Waals surface area contributed by atoms with Crippen molar-refractivity contribution in [1.29, 1.82) is 0 Å². The van der Waals surface area contributed by atoms with Gasteiger partial charge in [-0.05, 0) is 32.0 Å². The third-order valence-electron chi connectivity index (χ3n) is 3.46. The lowest BCUT2D eigenvalue weighted by Crippen LogP contribution is -2.05. The smallest absolute Gasteiger partial charge is 0.306 e.